The van der Waals surface area contributed by atoms with Crippen molar-refractivity contribution < 1.29 is 18.0 Å². The number of nitrogens with zero attached hydrogens (tertiary/aromatic N) is 2. The van der Waals surface area contributed by atoms with Crippen LogP contribution in [0.15, 0.2) is 72.8 Å². The Bertz CT molecular complexity index is 1470. The van der Waals surface area contributed by atoms with Crippen molar-refractivity contribution in [3.8, 4) is 0 Å². The van der Waals surface area contributed by atoms with Gasteiger partial charge in [-0.15, -0.1) is 0 Å². The lowest BCUT2D eigenvalue weighted by Crippen LogP contribution is -2.52. The van der Waals surface area contributed by atoms with E-state index in [4.69, 9.17) is 11.6 Å². The van der Waals surface area contributed by atoms with E-state index < -0.39 is 16.1 Å². The summed E-state index contributed by atoms with van der Waals surface area (Å²) in [7, 11) is -3.57. The van der Waals surface area contributed by atoms with Crippen molar-refractivity contribution in [3.63, 3.8) is 0 Å². The minimum absolute atomic E-state index is 0.0897. The summed E-state index contributed by atoms with van der Waals surface area (Å²) >= 11 is 6.13. The Morgan fingerprint density at radius 1 is 0.930 bits per heavy atom. The van der Waals surface area contributed by atoms with Gasteiger partial charge in [0.05, 0.1) is 11.9 Å². The fourth-order valence-electron chi connectivity index (χ4n) is 5.81. The van der Waals surface area contributed by atoms with Crippen LogP contribution >= 0.6 is 11.6 Å². The van der Waals surface area contributed by atoms with Crippen molar-refractivity contribution in [1.29, 1.82) is 0 Å². The summed E-state index contributed by atoms with van der Waals surface area (Å²) in [5.41, 5.74) is 4.33. The summed E-state index contributed by atoms with van der Waals surface area (Å²) < 4.78 is 26.9. The van der Waals surface area contributed by atoms with E-state index in [1.165, 1.54) is 10.6 Å². The van der Waals surface area contributed by atoms with Gasteiger partial charge in [-0.2, -0.15) is 0 Å². The van der Waals surface area contributed by atoms with Gasteiger partial charge in [-0.3, -0.25) is 13.9 Å². The molecule has 0 aromatic heterocycles. The number of hydrogen-bond donors (Lipinski definition) is 1. The van der Waals surface area contributed by atoms with Crippen LogP contribution in [0, 0.1) is 13.8 Å². The number of carbonyl (C=O) groups excluding carboxylic acids is 2. The monoisotopic (exact) mass is 623 g/mol. The van der Waals surface area contributed by atoms with Crippen LogP contribution in [-0.4, -0.2) is 50.0 Å². The average Bonchev–Trinajstić information content (AvgIpc) is 3.46. The van der Waals surface area contributed by atoms with Crippen molar-refractivity contribution >= 4 is 39.1 Å². The molecular formula is C34H42ClN3O4S. The number of carbonyl (C=O) groups is 2. The Kier molecular flexibility index (Phi) is 11.3. The number of amides is 2. The first-order chi connectivity index (χ1) is 20.5. The summed E-state index contributed by atoms with van der Waals surface area (Å²) in [5.74, 6) is -0.364. The van der Waals surface area contributed by atoms with E-state index >= 15 is 0 Å². The van der Waals surface area contributed by atoms with Gasteiger partial charge in [0, 0.05) is 37.0 Å². The second-order valence-electron chi connectivity index (χ2n) is 11.6. The fraction of sp³-hybridized carbons (Fsp3) is 0.412. The maximum Gasteiger partial charge on any atom is 0.243 e. The largest absolute Gasteiger partial charge is 0.352 e. The molecule has 1 atom stereocenters. The number of sulfonamides is 1. The fourth-order valence-corrected chi connectivity index (χ4v) is 6.88. The highest BCUT2D eigenvalue weighted by Crippen LogP contribution is 2.24. The van der Waals surface area contributed by atoms with Crippen molar-refractivity contribution in [2.45, 2.75) is 77.4 Å². The number of hydrogen-bond acceptors (Lipinski definition) is 4. The molecule has 2 amide bonds. The van der Waals surface area contributed by atoms with Gasteiger partial charge in [0.15, 0.2) is 0 Å². The number of aryl methyl sites for hydroxylation is 2. The maximum atomic E-state index is 14.0. The van der Waals surface area contributed by atoms with Gasteiger partial charge >= 0.3 is 0 Å². The van der Waals surface area contributed by atoms with E-state index in [1.54, 1.807) is 17.0 Å². The van der Waals surface area contributed by atoms with E-state index in [1.807, 2.05) is 74.5 Å². The van der Waals surface area contributed by atoms with E-state index in [0.717, 1.165) is 47.9 Å². The van der Waals surface area contributed by atoms with Gasteiger partial charge in [-0.25, -0.2) is 8.42 Å². The molecular weight excluding hydrogens is 582 g/mol. The molecule has 1 aliphatic rings. The topological polar surface area (TPSA) is 86.8 Å². The minimum atomic E-state index is -3.57. The van der Waals surface area contributed by atoms with E-state index in [9.17, 15) is 18.0 Å². The number of anilines is 1. The molecule has 9 heteroatoms. The Morgan fingerprint density at radius 3 is 2.16 bits per heavy atom. The Hall–Kier alpha value is -3.36. The normalized spacial score (nSPS) is 14.3. The third kappa shape index (κ3) is 9.57. The first-order valence-electron chi connectivity index (χ1n) is 14.9. The van der Waals surface area contributed by atoms with Crippen molar-refractivity contribution in [1.82, 2.24) is 10.2 Å². The average molecular weight is 624 g/mol. The molecule has 0 radical (unpaired) electrons. The SMILES string of the molecule is Cc1cc(C)cc(N(CCCC(=O)N(Cc2ccc(Cl)cc2)[C@H](Cc2ccccc2)C(=O)NC2CCCC2)S(C)(=O)=O)c1. The molecule has 0 bridgehead atoms. The third-order valence-corrected chi connectivity index (χ3v) is 9.33. The van der Waals surface area contributed by atoms with Crippen LogP contribution in [0.5, 0.6) is 0 Å². The highest BCUT2D eigenvalue weighted by atomic mass is 35.5. The minimum Gasteiger partial charge on any atom is -0.352 e. The number of nitrogens with one attached hydrogen (secondary N) is 1. The molecule has 0 spiro atoms. The van der Waals surface area contributed by atoms with Crippen molar-refractivity contribution in [3.05, 3.63) is 100 Å². The predicted molar refractivity (Wildman–Crippen MR) is 174 cm³/mol. The lowest BCUT2D eigenvalue weighted by Gasteiger charge is -2.33. The molecule has 7 nitrogen and oxygen atoms in total. The maximum absolute atomic E-state index is 14.0. The van der Waals surface area contributed by atoms with Crippen LogP contribution in [-0.2, 0) is 32.6 Å². The molecule has 3 aromatic rings. The van der Waals surface area contributed by atoms with Gasteiger partial charge < -0.3 is 10.2 Å². The van der Waals surface area contributed by atoms with E-state index in [-0.39, 0.29) is 37.4 Å². The van der Waals surface area contributed by atoms with Crippen LogP contribution in [0.25, 0.3) is 0 Å². The van der Waals surface area contributed by atoms with E-state index in [0.29, 0.717) is 23.6 Å². The Balaban J connectivity index is 1.59. The molecule has 0 aliphatic heterocycles. The molecule has 4 rings (SSSR count). The predicted octanol–water partition coefficient (Wildman–Crippen LogP) is 6.20. The molecule has 230 valence electrons. The molecule has 43 heavy (non-hydrogen) atoms. The summed E-state index contributed by atoms with van der Waals surface area (Å²) in [4.78, 5) is 29.5. The van der Waals surface area contributed by atoms with Gasteiger partial charge in [0.1, 0.15) is 6.04 Å². The lowest BCUT2D eigenvalue weighted by molar-refractivity contribution is -0.141. The standard InChI is InChI=1S/C34H42ClN3O4S/c1-25-20-26(2)22-31(21-25)38(43(3,41)42)19-9-14-33(39)37(24-28-15-17-29(35)18-16-28)32(23-27-10-5-4-6-11-27)34(40)36-30-12-7-8-13-30/h4-6,10-11,15-18,20-22,30,32H,7-9,12-14,19,23-24H2,1-3H3,(H,36,40)/t32-/m1/s1. The highest BCUT2D eigenvalue weighted by molar-refractivity contribution is 7.92. The molecule has 1 fully saturated rings. The zero-order valence-corrected chi connectivity index (χ0v) is 26.8. The van der Waals surface area contributed by atoms with Crippen LogP contribution in [0.2, 0.25) is 5.02 Å². The Morgan fingerprint density at radius 2 is 1.56 bits per heavy atom. The summed E-state index contributed by atoms with van der Waals surface area (Å²) in [5, 5.41) is 3.81. The third-order valence-electron chi connectivity index (χ3n) is 7.89. The van der Waals surface area contributed by atoms with Gasteiger partial charge in [-0.05, 0) is 79.6 Å². The van der Waals surface area contributed by atoms with Crippen molar-refractivity contribution in [2.24, 2.45) is 0 Å². The second-order valence-corrected chi connectivity index (χ2v) is 14.0. The molecule has 1 saturated carbocycles. The lowest BCUT2D eigenvalue weighted by atomic mass is 10.0. The first kappa shape index (κ1) is 32.6. The number of halogens is 1. The summed E-state index contributed by atoms with van der Waals surface area (Å²) in [6.45, 7) is 4.25. The number of benzene rings is 3. The van der Waals surface area contributed by atoms with Crippen LogP contribution < -0.4 is 9.62 Å². The highest BCUT2D eigenvalue weighted by Gasteiger charge is 2.32. The zero-order chi connectivity index (χ0) is 31.0. The summed E-state index contributed by atoms with van der Waals surface area (Å²) in [6, 6.07) is 22.1. The first-order valence-corrected chi connectivity index (χ1v) is 17.2. The Labute approximate surface area is 261 Å². The van der Waals surface area contributed by atoms with Gasteiger partial charge in [0.25, 0.3) is 0 Å². The molecule has 1 N–H and O–H groups in total. The molecule has 1 aliphatic carbocycles. The molecule has 3 aromatic carbocycles. The van der Waals surface area contributed by atoms with Crippen LogP contribution in [0.3, 0.4) is 0 Å². The molecule has 0 saturated heterocycles. The zero-order valence-electron chi connectivity index (χ0n) is 25.3. The molecule has 0 unspecified atom stereocenters. The van der Waals surface area contributed by atoms with Gasteiger partial charge in [-0.1, -0.05) is 73.0 Å². The molecule has 0 heterocycles. The summed E-state index contributed by atoms with van der Waals surface area (Å²) in [6.07, 6.45) is 5.99. The van der Waals surface area contributed by atoms with Crippen LogP contribution in [0.4, 0.5) is 5.69 Å². The number of rotatable bonds is 13. The quantitative estimate of drug-likeness (QED) is 0.246. The van der Waals surface area contributed by atoms with Crippen LogP contribution in [0.1, 0.15) is 60.8 Å². The van der Waals surface area contributed by atoms with Gasteiger partial charge in [0.2, 0.25) is 21.8 Å². The second kappa shape index (κ2) is 14.9. The van der Waals surface area contributed by atoms with Crippen molar-refractivity contribution in [2.75, 3.05) is 17.1 Å². The van der Waals surface area contributed by atoms with E-state index in [2.05, 4.69) is 5.32 Å². The smallest absolute Gasteiger partial charge is 0.243 e.